The third-order valence-electron chi connectivity index (χ3n) is 1.90. The summed E-state index contributed by atoms with van der Waals surface area (Å²) in [5.74, 6) is -1.53. The summed E-state index contributed by atoms with van der Waals surface area (Å²) in [5.41, 5.74) is 0.419. The molecule has 0 saturated heterocycles. The molecule has 0 aliphatic heterocycles. The van der Waals surface area contributed by atoms with Crippen molar-refractivity contribution in [3.8, 4) is 0 Å². The van der Waals surface area contributed by atoms with Crippen molar-refractivity contribution in [3.63, 3.8) is 0 Å². The van der Waals surface area contributed by atoms with Gasteiger partial charge in [0.2, 0.25) is 0 Å². The van der Waals surface area contributed by atoms with E-state index in [-0.39, 0.29) is 0 Å². The quantitative estimate of drug-likeness (QED) is 0.729. The van der Waals surface area contributed by atoms with Gasteiger partial charge in [-0.2, -0.15) is 0 Å². The first-order valence-corrected chi connectivity index (χ1v) is 5.73. The van der Waals surface area contributed by atoms with E-state index in [4.69, 9.17) is 5.11 Å². The van der Waals surface area contributed by atoms with Crippen molar-refractivity contribution in [1.82, 2.24) is 5.32 Å². The third-order valence-corrected chi connectivity index (χ3v) is 2.79. The summed E-state index contributed by atoms with van der Waals surface area (Å²) in [7, 11) is 0. The molecule has 5 nitrogen and oxygen atoms in total. The highest BCUT2D eigenvalue weighted by molar-refractivity contribution is 14.1. The van der Waals surface area contributed by atoms with Gasteiger partial charge in [-0.05, 0) is 47.7 Å². The van der Waals surface area contributed by atoms with Crippen molar-refractivity contribution in [2.45, 2.75) is 13.0 Å². The smallest absolute Gasteiger partial charge is 0.325 e. The fourth-order valence-electron chi connectivity index (χ4n) is 1.01. The first-order valence-electron chi connectivity index (χ1n) is 4.65. The lowest BCUT2D eigenvalue weighted by molar-refractivity contribution is -0.138. The Morgan fingerprint density at radius 2 is 2.12 bits per heavy atom. The largest absolute Gasteiger partial charge is 0.480 e. The molecular formula is C10H10FIN2O3. The van der Waals surface area contributed by atoms with Crippen LogP contribution < -0.4 is 10.6 Å². The zero-order valence-electron chi connectivity index (χ0n) is 8.83. The summed E-state index contributed by atoms with van der Waals surface area (Å²) in [4.78, 5) is 21.9. The van der Waals surface area contributed by atoms with Crippen molar-refractivity contribution in [3.05, 3.63) is 27.6 Å². The van der Waals surface area contributed by atoms with Gasteiger partial charge >= 0.3 is 12.0 Å². The SMILES string of the molecule is C[C@H](NC(=O)Nc1ccc(F)cc1I)C(=O)O. The molecule has 1 atom stereocenters. The minimum atomic E-state index is -1.13. The predicted molar refractivity (Wildman–Crippen MR) is 68.4 cm³/mol. The third kappa shape index (κ3) is 4.17. The Labute approximate surface area is 111 Å². The standard InChI is InChI=1S/C10H10FIN2O3/c1-5(9(15)16)13-10(17)14-8-3-2-6(11)4-7(8)12/h2-5H,1H3,(H,15,16)(H2,13,14,17)/t5-/m0/s1. The summed E-state index contributed by atoms with van der Waals surface area (Å²) in [6.45, 7) is 1.34. The van der Waals surface area contributed by atoms with E-state index in [1.807, 2.05) is 22.6 Å². The summed E-state index contributed by atoms with van der Waals surface area (Å²) >= 11 is 1.87. The molecule has 0 aliphatic rings. The number of urea groups is 1. The zero-order chi connectivity index (χ0) is 13.0. The zero-order valence-corrected chi connectivity index (χ0v) is 11.0. The van der Waals surface area contributed by atoms with Crippen molar-refractivity contribution in [2.75, 3.05) is 5.32 Å². The van der Waals surface area contributed by atoms with Gasteiger partial charge < -0.3 is 15.7 Å². The van der Waals surface area contributed by atoms with Gasteiger partial charge in [-0.25, -0.2) is 9.18 Å². The summed E-state index contributed by atoms with van der Waals surface area (Å²) in [6.07, 6.45) is 0. The molecule has 1 aromatic carbocycles. The van der Waals surface area contributed by atoms with E-state index in [2.05, 4.69) is 10.6 Å². The number of hydrogen-bond donors (Lipinski definition) is 3. The van der Waals surface area contributed by atoms with Gasteiger partial charge in [-0.3, -0.25) is 4.79 Å². The lowest BCUT2D eigenvalue weighted by Gasteiger charge is -2.11. The van der Waals surface area contributed by atoms with E-state index in [0.717, 1.165) is 0 Å². The molecule has 1 aromatic rings. The Morgan fingerprint density at radius 3 is 2.65 bits per heavy atom. The molecule has 0 fully saturated rings. The van der Waals surface area contributed by atoms with Gasteiger partial charge in [0.05, 0.1) is 5.69 Å². The number of rotatable bonds is 3. The van der Waals surface area contributed by atoms with Crippen LogP contribution in [0.5, 0.6) is 0 Å². The fraction of sp³-hybridized carbons (Fsp3) is 0.200. The number of carboxylic acids is 1. The van der Waals surface area contributed by atoms with Crippen LogP contribution in [-0.2, 0) is 4.79 Å². The van der Waals surface area contributed by atoms with E-state index in [1.165, 1.54) is 25.1 Å². The highest BCUT2D eigenvalue weighted by Crippen LogP contribution is 2.18. The van der Waals surface area contributed by atoms with Crippen LogP contribution in [0.15, 0.2) is 18.2 Å². The Kier molecular flexibility index (Phi) is 4.67. The van der Waals surface area contributed by atoms with Crippen LogP contribution >= 0.6 is 22.6 Å². The maximum absolute atomic E-state index is 12.8. The number of aliphatic carboxylic acids is 1. The molecule has 0 spiro atoms. The monoisotopic (exact) mass is 352 g/mol. The second-order valence-corrected chi connectivity index (χ2v) is 4.44. The summed E-state index contributed by atoms with van der Waals surface area (Å²) in [6, 6.07) is 2.23. The average Bonchev–Trinajstić information content (AvgIpc) is 2.22. The topological polar surface area (TPSA) is 78.4 Å². The average molecular weight is 352 g/mol. The highest BCUT2D eigenvalue weighted by Gasteiger charge is 2.14. The molecule has 92 valence electrons. The maximum Gasteiger partial charge on any atom is 0.325 e. The van der Waals surface area contributed by atoms with Gasteiger partial charge in [0, 0.05) is 3.57 Å². The molecule has 0 radical (unpaired) electrons. The first-order chi connectivity index (χ1) is 7.90. The first kappa shape index (κ1) is 13.7. The summed E-state index contributed by atoms with van der Waals surface area (Å²) in [5, 5.41) is 13.3. The molecule has 0 aliphatic carbocycles. The van der Waals surface area contributed by atoms with E-state index >= 15 is 0 Å². The van der Waals surface area contributed by atoms with Crippen LogP contribution in [-0.4, -0.2) is 23.1 Å². The van der Waals surface area contributed by atoms with Crippen LogP contribution in [0.1, 0.15) is 6.92 Å². The second-order valence-electron chi connectivity index (χ2n) is 3.28. The van der Waals surface area contributed by atoms with Gasteiger partial charge in [0.25, 0.3) is 0 Å². The van der Waals surface area contributed by atoms with Gasteiger partial charge in [-0.1, -0.05) is 0 Å². The van der Waals surface area contributed by atoms with Gasteiger partial charge in [0.1, 0.15) is 11.9 Å². The molecule has 0 aromatic heterocycles. The minimum absolute atomic E-state index is 0.403. The number of nitrogens with one attached hydrogen (secondary N) is 2. The van der Waals surface area contributed by atoms with Gasteiger partial charge in [-0.15, -0.1) is 0 Å². The number of benzene rings is 1. The molecule has 17 heavy (non-hydrogen) atoms. The van der Waals surface area contributed by atoms with Crippen molar-refractivity contribution in [1.29, 1.82) is 0 Å². The summed E-state index contributed by atoms with van der Waals surface area (Å²) < 4.78 is 13.3. The van der Waals surface area contributed by atoms with Crippen LogP contribution in [0.2, 0.25) is 0 Å². The maximum atomic E-state index is 12.8. The normalized spacial score (nSPS) is 11.7. The van der Waals surface area contributed by atoms with Crippen LogP contribution in [0.4, 0.5) is 14.9 Å². The molecular weight excluding hydrogens is 342 g/mol. The minimum Gasteiger partial charge on any atom is -0.480 e. The molecule has 1 rings (SSSR count). The molecule has 3 N–H and O–H groups in total. The van der Waals surface area contributed by atoms with Crippen LogP contribution in [0.25, 0.3) is 0 Å². The Morgan fingerprint density at radius 1 is 1.47 bits per heavy atom. The fourth-order valence-corrected chi connectivity index (χ4v) is 1.62. The van der Waals surface area contributed by atoms with E-state index in [9.17, 15) is 14.0 Å². The Bertz CT molecular complexity index is 453. The number of hydrogen-bond acceptors (Lipinski definition) is 2. The lowest BCUT2D eigenvalue weighted by atomic mass is 10.3. The Hall–Kier alpha value is -1.38. The van der Waals surface area contributed by atoms with Crippen molar-refractivity contribution >= 4 is 40.3 Å². The molecule has 2 amide bonds. The van der Waals surface area contributed by atoms with Crippen molar-refractivity contribution in [2.24, 2.45) is 0 Å². The number of carboxylic acid groups (broad SMARTS) is 1. The lowest BCUT2D eigenvalue weighted by Crippen LogP contribution is -2.40. The highest BCUT2D eigenvalue weighted by atomic mass is 127. The van der Waals surface area contributed by atoms with Crippen LogP contribution in [0.3, 0.4) is 0 Å². The number of halogens is 2. The molecule has 0 unspecified atom stereocenters. The Balaban J connectivity index is 2.65. The molecule has 0 heterocycles. The van der Waals surface area contributed by atoms with E-state index in [1.54, 1.807) is 0 Å². The molecule has 0 saturated carbocycles. The van der Waals surface area contributed by atoms with E-state index in [0.29, 0.717) is 9.26 Å². The van der Waals surface area contributed by atoms with E-state index < -0.39 is 23.9 Å². The number of carbonyl (C=O) groups is 2. The predicted octanol–water partition coefficient (Wildman–Crippen LogP) is 2.02. The number of amides is 2. The number of carbonyl (C=O) groups excluding carboxylic acids is 1. The van der Waals surface area contributed by atoms with Gasteiger partial charge in [0.15, 0.2) is 0 Å². The van der Waals surface area contributed by atoms with Crippen LogP contribution in [0, 0.1) is 9.39 Å². The number of anilines is 1. The second kappa shape index (κ2) is 5.80. The molecule has 7 heteroatoms. The van der Waals surface area contributed by atoms with Crippen molar-refractivity contribution < 1.29 is 19.1 Å². The molecule has 0 bridgehead atoms.